The number of esters is 1. The Bertz CT molecular complexity index is 644. The van der Waals surface area contributed by atoms with E-state index in [4.69, 9.17) is 11.6 Å². The molecule has 0 heterocycles. The Balaban J connectivity index is 2.25. The van der Waals surface area contributed by atoms with Crippen molar-refractivity contribution in [2.75, 3.05) is 18.7 Å². The summed E-state index contributed by atoms with van der Waals surface area (Å²) in [7, 11) is -1.81. The van der Waals surface area contributed by atoms with Crippen LogP contribution >= 0.6 is 11.6 Å². The normalized spacial score (nSPS) is 22.0. The number of carbonyl (C=O) groups is 1. The molecule has 0 spiro atoms. The molecule has 1 aromatic rings. The molecule has 21 heavy (non-hydrogen) atoms. The van der Waals surface area contributed by atoms with Crippen molar-refractivity contribution in [1.29, 1.82) is 0 Å². The maximum absolute atomic E-state index is 11.8. The van der Waals surface area contributed by atoms with Crippen molar-refractivity contribution >= 4 is 33.1 Å². The van der Waals surface area contributed by atoms with Crippen LogP contribution in [0.15, 0.2) is 18.2 Å². The fraction of sp³-hybridized carbons (Fsp3) is 0.500. The highest BCUT2D eigenvalue weighted by atomic mass is 35.5. The van der Waals surface area contributed by atoms with Gasteiger partial charge in [0, 0.05) is 12.3 Å². The summed E-state index contributed by atoms with van der Waals surface area (Å²) in [5, 5.41) is 3.19. The van der Waals surface area contributed by atoms with Gasteiger partial charge >= 0.3 is 5.97 Å². The molecule has 2 atom stereocenters. The van der Waals surface area contributed by atoms with Crippen LogP contribution in [0.2, 0.25) is 5.02 Å². The van der Waals surface area contributed by atoms with Gasteiger partial charge in [0.2, 0.25) is 0 Å². The number of sulfone groups is 1. The van der Waals surface area contributed by atoms with E-state index < -0.39 is 21.1 Å². The average Bonchev–Trinajstić information content (AvgIpc) is 2.88. The van der Waals surface area contributed by atoms with Crippen LogP contribution in [0, 0.1) is 0 Å². The van der Waals surface area contributed by atoms with E-state index >= 15 is 0 Å². The van der Waals surface area contributed by atoms with E-state index in [0.717, 1.165) is 12.8 Å². The average molecular weight is 332 g/mol. The van der Waals surface area contributed by atoms with Gasteiger partial charge < -0.3 is 10.1 Å². The van der Waals surface area contributed by atoms with Gasteiger partial charge in [-0.2, -0.15) is 0 Å². The highest BCUT2D eigenvalue weighted by molar-refractivity contribution is 7.91. The summed E-state index contributed by atoms with van der Waals surface area (Å²) >= 11 is 6.12. The third-order valence-electron chi connectivity index (χ3n) is 3.73. The van der Waals surface area contributed by atoms with E-state index in [0.29, 0.717) is 22.7 Å². The van der Waals surface area contributed by atoms with Gasteiger partial charge in [-0.3, -0.25) is 0 Å². The minimum absolute atomic E-state index is 0.189. The monoisotopic (exact) mass is 331 g/mol. The first kappa shape index (κ1) is 16.1. The Labute approximate surface area is 129 Å². The Kier molecular flexibility index (Phi) is 4.78. The van der Waals surface area contributed by atoms with E-state index in [-0.39, 0.29) is 6.04 Å². The van der Waals surface area contributed by atoms with E-state index in [1.54, 1.807) is 18.2 Å². The summed E-state index contributed by atoms with van der Waals surface area (Å²) in [5.74, 6) is -0.458. The van der Waals surface area contributed by atoms with Gasteiger partial charge in [0.05, 0.1) is 28.6 Å². The molecule has 1 N–H and O–H groups in total. The lowest BCUT2D eigenvalue weighted by atomic mass is 10.1. The van der Waals surface area contributed by atoms with Crippen molar-refractivity contribution in [3.63, 3.8) is 0 Å². The highest BCUT2D eigenvalue weighted by Crippen LogP contribution is 2.31. The zero-order chi connectivity index (χ0) is 15.6. The summed E-state index contributed by atoms with van der Waals surface area (Å²) < 4.78 is 28.3. The van der Waals surface area contributed by atoms with Gasteiger partial charge in [0.25, 0.3) is 0 Å². The first-order chi connectivity index (χ1) is 9.82. The first-order valence-corrected chi connectivity index (χ1v) is 8.99. The van der Waals surface area contributed by atoms with Gasteiger partial charge in [-0.05, 0) is 37.5 Å². The molecule has 1 saturated carbocycles. The van der Waals surface area contributed by atoms with Gasteiger partial charge in [-0.25, -0.2) is 13.2 Å². The van der Waals surface area contributed by atoms with Gasteiger partial charge in [-0.1, -0.05) is 11.6 Å². The fourth-order valence-corrected chi connectivity index (χ4v) is 4.25. The third kappa shape index (κ3) is 3.68. The molecule has 0 saturated heterocycles. The molecule has 116 valence electrons. The molecule has 5 nitrogen and oxygen atoms in total. The van der Waals surface area contributed by atoms with Crippen molar-refractivity contribution < 1.29 is 17.9 Å². The summed E-state index contributed by atoms with van der Waals surface area (Å²) in [6.45, 7) is 0. The van der Waals surface area contributed by atoms with E-state index in [1.165, 1.54) is 13.4 Å². The van der Waals surface area contributed by atoms with Crippen molar-refractivity contribution in [1.82, 2.24) is 0 Å². The number of hydrogen-bond donors (Lipinski definition) is 1. The summed E-state index contributed by atoms with van der Waals surface area (Å²) in [4.78, 5) is 11.5. The Morgan fingerprint density at radius 2 is 2.10 bits per heavy atom. The summed E-state index contributed by atoms with van der Waals surface area (Å²) in [6.07, 6.45) is 3.51. The number of rotatable bonds is 4. The molecule has 1 aromatic carbocycles. The topological polar surface area (TPSA) is 72.5 Å². The molecule has 1 aliphatic carbocycles. The predicted molar refractivity (Wildman–Crippen MR) is 82.7 cm³/mol. The van der Waals surface area contributed by atoms with Gasteiger partial charge in [0.1, 0.15) is 0 Å². The summed E-state index contributed by atoms with van der Waals surface area (Å²) in [6, 6.07) is 4.57. The van der Waals surface area contributed by atoms with Crippen LogP contribution in [0.25, 0.3) is 0 Å². The molecular weight excluding hydrogens is 314 g/mol. The quantitative estimate of drug-likeness (QED) is 0.858. The van der Waals surface area contributed by atoms with Crippen LogP contribution in [0.1, 0.15) is 29.6 Å². The molecule has 1 fully saturated rings. The largest absolute Gasteiger partial charge is 0.465 e. The van der Waals surface area contributed by atoms with Crippen molar-refractivity contribution in [2.24, 2.45) is 0 Å². The number of carbonyl (C=O) groups excluding carboxylic acids is 1. The zero-order valence-corrected chi connectivity index (χ0v) is 13.5. The smallest absolute Gasteiger partial charge is 0.337 e. The molecule has 0 amide bonds. The second kappa shape index (κ2) is 6.23. The number of methoxy groups -OCH3 is 1. The first-order valence-electron chi connectivity index (χ1n) is 6.66. The van der Waals surface area contributed by atoms with Crippen LogP contribution in [0.3, 0.4) is 0 Å². The second-order valence-corrected chi connectivity index (χ2v) is 7.91. The highest BCUT2D eigenvalue weighted by Gasteiger charge is 2.35. The Morgan fingerprint density at radius 1 is 1.38 bits per heavy atom. The maximum Gasteiger partial charge on any atom is 0.337 e. The van der Waals surface area contributed by atoms with Gasteiger partial charge in [0.15, 0.2) is 9.84 Å². The minimum Gasteiger partial charge on any atom is -0.465 e. The van der Waals surface area contributed by atoms with Crippen LogP contribution < -0.4 is 5.32 Å². The van der Waals surface area contributed by atoms with E-state index in [2.05, 4.69) is 10.1 Å². The van der Waals surface area contributed by atoms with Crippen molar-refractivity contribution in [2.45, 2.75) is 30.6 Å². The van der Waals surface area contributed by atoms with Crippen LogP contribution in [0.5, 0.6) is 0 Å². The molecule has 7 heteroatoms. The lowest BCUT2D eigenvalue weighted by Crippen LogP contribution is -2.34. The molecule has 2 rings (SSSR count). The number of benzene rings is 1. The zero-order valence-electron chi connectivity index (χ0n) is 11.9. The predicted octanol–water partition coefficient (Wildman–Crippen LogP) is 2.50. The van der Waals surface area contributed by atoms with Crippen molar-refractivity contribution in [3.8, 4) is 0 Å². The Morgan fingerprint density at radius 3 is 2.71 bits per heavy atom. The standard InChI is InChI=1S/C14H18ClNO4S/c1-20-14(17)9-6-7-10(15)12(8-9)16-11-4-3-5-13(11)21(2,18)19/h6-8,11,13,16H,3-5H2,1-2H3. The SMILES string of the molecule is COC(=O)c1ccc(Cl)c(NC2CCCC2S(C)(=O)=O)c1. The van der Waals surface area contributed by atoms with Crippen LogP contribution in [0.4, 0.5) is 5.69 Å². The summed E-state index contributed by atoms with van der Waals surface area (Å²) in [5.41, 5.74) is 0.929. The van der Waals surface area contributed by atoms with E-state index in [1.807, 2.05) is 0 Å². The Hall–Kier alpha value is -1.27. The molecule has 0 bridgehead atoms. The second-order valence-electron chi connectivity index (χ2n) is 5.24. The van der Waals surface area contributed by atoms with Crippen LogP contribution in [-0.2, 0) is 14.6 Å². The minimum atomic E-state index is -3.11. The lowest BCUT2D eigenvalue weighted by Gasteiger charge is -2.21. The third-order valence-corrected chi connectivity index (χ3v) is 5.72. The number of halogens is 1. The molecule has 0 aromatic heterocycles. The van der Waals surface area contributed by atoms with Gasteiger partial charge in [-0.15, -0.1) is 0 Å². The fourth-order valence-electron chi connectivity index (χ4n) is 2.68. The molecule has 1 aliphatic rings. The maximum atomic E-state index is 11.8. The lowest BCUT2D eigenvalue weighted by molar-refractivity contribution is 0.0601. The number of nitrogens with one attached hydrogen (secondary N) is 1. The molecule has 0 aliphatic heterocycles. The molecule has 0 radical (unpaired) electrons. The molecule has 2 unspecified atom stereocenters. The van der Waals surface area contributed by atoms with Crippen LogP contribution in [-0.4, -0.2) is 39.0 Å². The molecular formula is C14H18ClNO4S. The number of ether oxygens (including phenoxy) is 1. The number of hydrogen-bond acceptors (Lipinski definition) is 5. The van der Waals surface area contributed by atoms with Crippen molar-refractivity contribution in [3.05, 3.63) is 28.8 Å². The van der Waals surface area contributed by atoms with E-state index in [9.17, 15) is 13.2 Å². The number of anilines is 1.